The Bertz CT molecular complexity index is 1400. The topological polar surface area (TPSA) is 42.7 Å². The lowest BCUT2D eigenvalue weighted by Crippen LogP contribution is -1.99. The van der Waals surface area contributed by atoms with E-state index in [9.17, 15) is 4.39 Å². The van der Waals surface area contributed by atoms with Crippen molar-refractivity contribution in [3.63, 3.8) is 0 Å². The molecule has 0 bridgehead atoms. The van der Waals surface area contributed by atoms with Crippen molar-refractivity contribution in [3.05, 3.63) is 96.8 Å². The molecule has 158 valence electrons. The van der Waals surface area contributed by atoms with Crippen LogP contribution in [0.15, 0.2) is 85.2 Å². The largest absolute Gasteiger partial charge is 0.355 e. The van der Waals surface area contributed by atoms with Crippen LogP contribution in [0.3, 0.4) is 0 Å². The highest BCUT2D eigenvalue weighted by atomic mass is 19.1. The molecule has 5 rings (SSSR count). The third kappa shape index (κ3) is 3.73. The number of para-hydroxylation sites is 1. The summed E-state index contributed by atoms with van der Waals surface area (Å²) in [6.07, 6.45) is 4.01. The van der Waals surface area contributed by atoms with Gasteiger partial charge in [-0.3, -0.25) is 0 Å². The van der Waals surface area contributed by atoms with Gasteiger partial charge in [0.05, 0.1) is 5.69 Å². The lowest BCUT2D eigenvalue weighted by molar-refractivity contribution is 0.628. The van der Waals surface area contributed by atoms with Crippen molar-refractivity contribution in [1.29, 1.82) is 0 Å². The molecule has 0 atom stereocenters. The summed E-state index contributed by atoms with van der Waals surface area (Å²) in [7, 11) is 0. The molecule has 32 heavy (non-hydrogen) atoms. The van der Waals surface area contributed by atoms with Gasteiger partial charge in [-0.05, 0) is 67.9 Å². The Morgan fingerprint density at radius 2 is 1.75 bits per heavy atom. The first-order valence-corrected chi connectivity index (χ1v) is 10.7. The highest BCUT2D eigenvalue weighted by Crippen LogP contribution is 2.36. The molecule has 5 heteroatoms. The molecule has 0 fully saturated rings. The molecule has 0 radical (unpaired) electrons. The molecule has 0 aliphatic heterocycles. The maximum atomic E-state index is 13.3. The predicted molar refractivity (Wildman–Crippen MR) is 128 cm³/mol. The second-order valence-corrected chi connectivity index (χ2v) is 7.73. The molecule has 1 N–H and O–H groups in total. The minimum atomic E-state index is -0.259. The third-order valence-corrected chi connectivity index (χ3v) is 5.64. The van der Waals surface area contributed by atoms with Crippen molar-refractivity contribution in [2.75, 3.05) is 5.32 Å². The molecule has 0 amide bonds. The first-order chi connectivity index (χ1) is 15.6. The number of nitrogens with zero attached hydrogens (tertiary/aromatic N) is 3. The number of hydrogen-bond acceptors (Lipinski definition) is 3. The molecular formula is C27H23FN4. The summed E-state index contributed by atoms with van der Waals surface area (Å²) in [4.78, 5) is 9.31. The Morgan fingerprint density at radius 1 is 0.938 bits per heavy atom. The van der Waals surface area contributed by atoms with E-state index in [-0.39, 0.29) is 5.82 Å². The zero-order valence-electron chi connectivity index (χ0n) is 18.0. The molecule has 0 aliphatic carbocycles. The predicted octanol–water partition coefficient (Wildman–Crippen LogP) is 6.98. The average molecular weight is 423 g/mol. The van der Waals surface area contributed by atoms with Crippen LogP contribution in [0.2, 0.25) is 0 Å². The van der Waals surface area contributed by atoms with E-state index in [1.807, 2.05) is 37.4 Å². The van der Waals surface area contributed by atoms with E-state index >= 15 is 0 Å². The number of hydrogen-bond donors (Lipinski definition) is 1. The highest BCUT2D eigenvalue weighted by Gasteiger charge is 2.15. The number of aryl methyl sites for hydroxylation is 2. The van der Waals surface area contributed by atoms with E-state index in [0.717, 1.165) is 40.3 Å². The first kappa shape index (κ1) is 19.9. The van der Waals surface area contributed by atoms with E-state index < -0.39 is 0 Å². The van der Waals surface area contributed by atoms with Gasteiger partial charge in [-0.1, -0.05) is 24.3 Å². The number of rotatable bonds is 5. The normalized spacial score (nSPS) is 11.1. The molecule has 4 nitrogen and oxygen atoms in total. The van der Waals surface area contributed by atoms with Gasteiger partial charge >= 0.3 is 0 Å². The quantitative estimate of drug-likeness (QED) is 0.332. The van der Waals surface area contributed by atoms with Crippen molar-refractivity contribution in [3.8, 4) is 22.4 Å². The molecule has 2 aromatic heterocycles. The Morgan fingerprint density at radius 3 is 2.56 bits per heavy atom. The van der Waals surface area contributed by atoms with Crippen LogP contribution >= 0.6 is 0 Å². The van der Waals surface area contributed by atoms with E-state index in [4.69, 9.17) is 4.98 Å². The lowest BCUT2D eigenvalue weighted by atomic mass is 9.98. The van der Waals surface area contributed by atoms with Gasteiger partial charge in [0.1, 0.15) is 11.6 Å². The summed E-state index contributed by atoms with van der Waals surface area (Å²) in [6, 6.07) is 23.0. The Hall–Kier alpha value is -3.99. The van der Waals surface area contributed by atoms with Crippen molar-refractivity contribution in [2.24, 2.45) is 0 Å². The number of benzene rings is 3. The van der Waals surface area contributed by atoms with Crippen LogP contribution in [0.25, 0.3) is 33.3 Å². The van der Waals surface area contributed by atoms with Crippen LogP contribution in [-0.4, -0.2) is 14.5 Å². The Balaban J connectivity index is 1.62. The van der Waals surface area contributed by atoms with E-state index in [1.54, 1.807) is 12.1 Å². The maximum Gasteiger partial charge on any atom is 0.125 e. The van der Waals surface area contributed by atoms with Crippen LogP contribution < -0.4 is 5.32 Å². The van der Waals surface area contributed by atoms with Crippen LogP contribution in [-0.2, 0) is 6.54 Å². The molecule has 0 unspecified atom stereocenters. The third-order valence-electron chi connectivity index (χ3n) is 5.64. The molecular weight excluding hydrogens is 399 g/mol. The van der Waals surface area contributed by atoms with E-state index in [0.29, 0.717) is 5.82 Å². The second-order valence-electron chi connectivity index (χ2n) is 7.73. The summed E-state index contributed by atoms with van der Waals surface area (Å²) < 4.78 is 15.6. The summed E-state index contributed by atoms with van der Waals surface area (Å²) in [6.45, 7) is 4.97. The molecule has 2 heterocycles. The number of nitrogens with one attached hydrogen (secondary N) is 1. The fraction of sp³-hybridized carbons (Fsp3) is 0.111. The molecule has 5 aromatic rings. The fourth-order valence-electron chi connectivity index (χ4n) is 4.02. The van der Waals surface area contributed by atoms with Crippen molar-refractivity contribution in [1.82, 2.24) is 14.5 Å². The van der Waals surface area contributed by atoms with Crippen LogP contribution in [0.5, 0.6) is 0 Å². The fourth-order valence-corrected chi connectivity index (χ4v) is 4.02. The summed E-state index contributed by atoms with van der Waals surface area (Å²) in [5.74, 6) is 0.448. The minimum absolute atomic E-state index is 0.259. The SMILES string of the molecule is CCn1ccc2cc(-c3cnc(C)nc3-c3ccccc3Nc3ccc(F)cc3)ccc21. The van der Waals surface area contributed by atoms with Crippen LogP contribution in [0.4, 0.5) is 15.8 Å². The van der Waals surface area contributed by atoms with Gasteiger partial charge in [0, 0.05) is 52.3 Å². The second kappa shape index (κ2) is 8.27. The highest BCUT2D eigenvalue weighted by molar-refractivity contribution is 5.92. The van der Waals surface area contributed by atoms with Gasteiger partial charge in [0.15, 0.2) is 0 Å². The number of halogens is 1. The monoisotopic (exact) mass is 422 g/mol. The van der Waals surface area contributed by atoms with Gasteiger partial charge in [-0.15, -0.1) is 0 Å². The Kier molecular flexibility index (Phi) is 5.15. The standard InChI is InChI=1S/C27H23FN4/c1-3-32-15-14-20-16-19(8-13-26(20)32)24-17-29-18(2)30-27(24)23-6-4-5-7-25(23)31-22-11-9-21(28)10-12-22/h4-17,31H,3H2,1-2H3. The molecule has 3 aromatic carbocycles. The zero-order valence-corrected chi connectivity index (χ0v) is 18.0. The summed E-state index contributed by atoms with van der Waals surface area (Å²) >= 11 is 0. The van der Waals surface area contributed by atoms with Crippen LogP contribution in [0, 0.1) is 12.7 Å². The van der Waals surface area contributed by atoms with E-state index in [1.165, 1.54) is 23.0 Å². The number of aromatic nitrogens is 3. The summed E-state index contributed by atoms with van der Waals surface area (Å²) in [5, 5.41) is 4.60. The summed E-state index contributed by atoms with van der Waals surface area (Å²) in [5.41, 5.74) is 6.78. The van der Waals surface area contributed by atoms with Gasteiger partial charge in [0.25, 0.3) is 0 Å². The van der Waals surface area contributed by atoms with Gasteiger partial charge in [-0.25, -0.2) is 14.4 Å². The van der Waals surface area contributed by atoms with Gasteiger partial charge < -0.3 is 9.88 Å². The Labute approximate surface area is 186 Å². The first-order valence-electron chi connectivity index (χ1n) is 10.7. The number of fused-ring (bicyclic) bond motifs is 1. The van der Waals surface area contributed by atoms with Crippen LogP contribution in [0.1, 0.15) is 12.7 Å². The molecule has 0 spiro atoms. The molecule has 0 saturated heterocycles. The van der Waals surface area contributed by atoms with E-state index in [2.05, 4.69) is 52.3 Å². The molecule has 0 saturated carbocycles. The van der Waals surface area contributed by atoms with Gasteiger partial charge in [0.2, 0.25) is 0 Å². The smallest absolute Gasteiger partial charge is 0.125 e. The molecule has 0 aliphatic rings. The lowest BCUT2D eigenvalue weighted by Gasteiger charge is -2.15. The average Bonchev–Trinajstić information content (AvgIpc) is 3.23. The maximum absolute atomic E-state index is 13.3. The van der Waals surface area contributed by atoms with Gasteiger partial charge in [-0.2, -0.15) is 0 Å². The zero-order chi connectivity index (χ0) is 22.1. The van der Waals surface area contributed by atoms with Crippen molar-refractivity contribution in [2.45, 2.75) is 20.4 Å². The number of anilines is 2. The van der Waals surface area contributed by atoms with Crippen molar-refractivity contribution < 1.29 is 4.39 Å². The van der Waals surface area contributed by atoms with Crippen molar-refractivity contribution >= 4 is 22.3 Å². The minimum Gasteiger partial charge on any atom is -0.355 e.